The molecule has 6 nitrogen and oxygen atoms in total. The summed E-state index contributed by atoms with van der Waals surface area (Å²) in [6, 6.07) is 10.2. The van der Waals surface area contributed by atoms with Crippen molar-refractivity contribution >= 4 is 11.9 Å². The van der Waals surface area contributed by atoms with E-state index in [1.807, 2.05) is 18.2 Å². The number of aromatic nitrogens is 3. The average Bonchev–Trinajstić information content (AvgIpc) is 3.01. The van der Waals surface area contributed by atoms with Crippen molar-refractivity contribution in [1.82, 2.24) is 20.1 Å². The molecule has 1 amide bonds. The summed E-state index contributed by atoms with van der Waals surface area (Å²) in [5.74, 6) is 0.303. The number of anilines is 1. The smallest absolute Gasteiger partial charge is 0.258 e. The van der Waals surface area contributed by atoms with Crippen LogP contribution in [0.4, 0.5) is 10.3 Å². The molecule has 1 aliphatic heterocycles. The summed E-state index contributed by atoms with van der Waals surface area (Å²) in [6.45, 7) is 5.16. The van der Waals surface area contributed by atoms with E-state index in [1.54, 1.807) is 24.6 Å². The van der Waals surface area contributed by atoms with Gasteiger partial charge in [0.1, 0.15) is 11.6 Å². The number of carbonyl (C=O) groups excluding carboxylic acids is 1. The average molecular weight is 365 g/mol. The standard InChI is InChI=1S/C20H20FN5O/c1-12-10-15(21)6-7-18(12)26-20(23-13(2)25-26)24-19(27)17-5-3-4-14-11-22-9-8-16(14)17/h3-7,10,22H,8-9,11H2,1-2H3,(H,23,24,25,27). The molecule has 0 bridgehead atoms. The Bertz CT molecular complexity index is 1030. The molecule has 1 aliphatic rings. The van der Waals surface area contributed by atoms with Gasteiger partial charge >= 0.3 is 0 Å². The highest BCUT2D eigenvalue weighted by atomic mass is 19.1. The number of benzene rings is 2. The van der Waals surface area contributed by atoms with E-state index in [2.05, 4.69) is 20.7 Å². The fourth-order valence-corrected chi connectivity index (χ4v) is 3.43. The molecule has 2 aromatic carbocycles. The minimum atomic E-state index is -0.316. The van der Waals surface area contributed by atoms with Crippen molar-refractivity contribution in [2.24, 2.45) is 0 Å². The Morgan fingerprint density at radius 3 is 2.93 bits per heavy atom. The Morgan fingerprint density at radius 1 is 1.26 bits per heavy atom. The Labute approximate surface area is 156 Å². The summed E-state index contributed by atoms with van der Waals surface area (Å²) >= 11 is 0. The quantitative estimate of drug-likeness (QED) is 0.749. The third-order valence-corrected chi connectivity index (χ3v) is 4.71. The molecule has 138 valence electrons. The van der Waals surface area contributed by atoms with Crippen molar-refractivity contribution in [3.05, 3.63) is 70.3 Å². The van der Waals surface area contributed by atoms with Gasteiger partial charge in [-0.15, -0.1) is 5.10 Å². The molecule has 0 radical (unpaired) electrons. The van der Waals surface area contributed by atoms with Crippen molar-refractivity contribution in [3.63, 3.8) is 0 Å². The first kappa shape index (κ1) is 17.4. The zero-order valence-electron chi connectivity index (χ0n) is 15.2. The number of carbonyl (C=O) groups is 1. The van der Waals surface area contributed by atoms with E-state index >= 15 is 0 Å². The molecule has 2 N–H and O–H groups in total. The molecule has 3 aromatic rings. The maximum atomic E-state index is 13.4. The second-order valence-corrected chi connectivity index (χ2v) is 6.65. The van der Waals surface area contributed by atoms with Crippen LogP contribution in [0.5, 0.6) is 0 Å². The number of nitrogens with one attached hydrogen (secondary N) is 2. The van der Waals surface area contributed by atoms with E-state index in [0.29, 0.717) is 28.6 Å². The summed E-state index contributed by atoms with van der Waals surface area (Å²) in [4.78, 5) is 17.3. The van der Waals surface area contributed by atoms with Gasteiger partial charge < -0.3 is 5.32 Å². The fraction of sp³-hybridized carbons (Fsp3) is 0.250. The SMILES string of the molecule is Cc1nc(NC(=O)c2cccc3c2CCNC3)n(-c2ccc(F)cc2C)n1. The lowest BCUT2D eigenvalue weighted by Crippen LogP contribution is -2.27. The Kier molecular flexibility index (Phi) is 4.45. The number of halogens is 1. The summed E-state index contributed by atoms with van der Waals surface area (Å²) < 4.78 is 15.0. The number of amides is 1. The van der Waals surface area contributed by atoms with E-state index in [-0.39, 0.29) is 11.7 Å². The maximum Gasteiger partial charge on any atom is 0.258 e. The molecule has 0 atom stereocenters. The lowest BCUT2D eigenvalue weighted by Gasteiger charge is -2.20. The van der Waals surface area contributed by atoms with Gasteiger partial charge in [-0.2, -0.15) is 9.67 Å². The number of fused-ring (bicyclic) bond motifs is 1. The topological polar surface area (TPSA) is 71.8 Å². The number of aryl methyl sites for hydroxylation is 2. The van der Waals surface area contributed by atoms with E-state index in [4.69, 9.17) is 0 Å². The van der Waals surface area contributed by atoms with Crippen molar-refractivity contribution < 1.29 is 9.18 Å². The van der Waals surface area contributed by atoms with Gasteiger partial charge in [0, 0.05) is 12.1 Å². The number of hydrogen-bond acceptors (Lipinski definition) is 4. The van der Waals surface area contributed by atoms with Gasteiger partial charge in [-0.3, -0.25) is 10.1 Å². The second-order valence-electron chi connectivity index (χ2n) is 6.65. The molecule has 27 heavy (non-hydrogen) atoms. The van der Waals surface area contributed by atoms with Gasteiger partial charge in [-0.05, 0) is 67.8 Å². The van der Waals surface area contributed by atoms with Crippen LogP contribution in [0, 0.1) is 19.7 Å². The predicted molar refractivity (Wildman–Crippen MR) is 101 cm³/mol. The van der Waals surface area contributed by atoms with E-state index in [0.717, 1.165) is 30.6 Å². The van der Waals surface area contributed by atoms with Crippen LogP contribution >= 0.6 is 0 Å². The second kappa shape index (κ2) is 6.92. The van der Waals surface area contributed by atoms with E-state index in [9.17, 15) is 9.18 Å². The van der Waals surface area contributed by atoms with Crippen molar-refractivity contribution in [1.29, 1.82) is 0 Å². The van der Waals surface area contributed by atoms with Crippen LogP contribution in [0.15, 0.2) is 36.4 Å². The van der Waals surface area contributed by atoms with Gasteiger partial charge in [0.2, 0.25) is 5.95 Å². The van der Waals surface area contributed by atoms with Gasteiger partial charge in [0.25, 0.3) is 5.91 Å². The van der Waals surface area contributed by atoms with Crippen LogP contribution < -0.4 is 10.6 Å². The molecule has 0 aliphatic carbocycles. The maximum absolute atomic E-state index is 13.4. The van der Waals surface area contributed by atoms with Crippen LogP contribution in [-0.2, 0) is 13.0 Å². The van der Waals surface area contributed by atoms with Crippen molar-refractivity contribution in [3.8, 4) is 5.69 Å². The van der Waals surface area contributed by atoms with Crippen LogP contribution in [0.2, 0.25) is 0 Å². The molecule has 0 saturated heterocycles. The molecular formula is C20H20FN5O. The van der Waals surface area contributed by atoms with Crippen LogP contribution in [0.3, 0.4) is 0 Å². The van der Waals surface area contributed by atoms with Crippen molar-refractivity contribution in [2.75, 3.05) is 11.9 Å². The summed E-state index contributed by atoms with van der Waals surface area (Å²) in [5, 5.41) is 10.6. The lowest BCUT2D eigenvalue weighted by molar-refractivity contribution is 0.102. The first-order valence-electron chi connectivity index (χ1n) is 8.86. The molecular weight excluding hydrogens is 345 g/mol. The molecule has 0 fully saturated rings. The van der Waals surface area contributed by atoms with Gasteiger partial charge in [0.05, 0.1) is 5.69 Å². The predicted octanol–water partition coefficient (Wildman–Crippen LogP) is 2.92. The van der Waals surface area contributed by atoms with Gasteiger partial charge in [0.15, 0.2) is 0 Å². The molecule has 2 heterocycles. The zero-order chi connectivity index (χ0) is 19.0. The number of nitrogens with zero attached hydrogens (tertiary/aromatic N) is 3. The number of rotatable bonds is 3. The monoisotopic (exact) mass is 365 g/mol. The molecule has 4 rings (SSSR count). The van der Waals surface area contributed by atoms with Crippen LogP contribution in [-0.4, -0.2) is 27.2 Å². The highest BCUT2D eigenvalue weighted by molar-refractivity contribution is 6.04. The fourth-order valence-electron chi connectivity index (χ4n) is 3.43. The van der Waals surface area contributed by atoms with Crippen LogP contribution in [0.1, 0.15) is 32.9 Å². The first-order valence-corrected chi connectivity index (χ1v) is 8.86. The third-order valence-electron chi connectivity index (χ3n) is 4.71. The lowest BCUT2D eigenvalue weighted by atomic mass is 9.95. The van der Waals surface area contributed by atoms with Gasteiger partial charge in [-0.1, -0.05) is 12.1 Å². The van der Waals surface area contributed by atoms with E-state index < -0.39 is 0 Å². The molecule has 0 saturated carbocycles. The van der Waals surface area contributed by atoms with E-state index in [1.165, 1.54) is 12.1 Å². The summed E-state index contributed by atoms with van der Waals surface area (Å²) in [7, 11) is 0. The summed E-state index contributed by atoms with van der Waals surface area (Å²) in [6.07, 6.45) is 0.807. The summed E-state index contributed by atoms with van der Waals surface area (Å²) in [5.41, 5.74) is 4.23. The molecule has 0 unspecified atom stereocenters. The highest BCUT2D eigenvalue weighted by Crippen LogP contribution is 2.22. The third kappa shape index (κ3) is 3.33. The zero-order valence-corrected chi connectivity index (χ0v) is 15.2. The first-order chi connectivity index (χ1) is 13.0. The normalized spacial score (nSPS) is 13.3. The highest BCUT2D eigenvalue weighted by Gasteiger charge is 2.20. The molecule has 7 heteroatoms. The number of hydrogen-bond donors (Lipinski definition) is 2. The van der Waals surface area contributed by atoms with Crippen molar-refractivity contribution in [2.45, 2.75) is 26.8 Å². The minimum absolute atomic E-state index is 0.220. The van der Waals surface area contributed by atoms with Gasteiger partial charge in [-0.25, -0.2) is 4.39 Å². The molecule has 0 spiro atoms. The largest absolute Gasteiger partial charge is 0.312 e. The Balaban J connectivity index is 1.69. The minimum Gasteiger partial charge on any atom is -0.312 e. The van der Waals surface area contributed by atoms with Crippen LogP contribution in [0.25, 0.3) is 5.69 Å². The Hall–Kier alpha value is -3.06. The molecule has 1 aromatic heterocycles. The Morgan fingerprint density at radius 2 is 2.11 bits per heavy atom.